The van der Waals surface area contributed by atoms with Gasteiger partial charge in [-0.25, -0.2) is 0 Å². The second-order valence-corrected chi connectivity index (χ2v) is 4.85. The van der Waals surface area contributed by atoms with Crippen molar-refractivity contribution >= 4 is 27.5 Å². The Morgan fingerprint density at radius 3 is 2.89 bits per heavy atom. The molecule has 0 unspecified atom stereocenters. The molecule has 96 valence electrons. The first-order valence-electron chi connectivity index (χ1n) is 5.96. The maximum atomic E-state index is 11.4. The topological polar surface area (TPSA) is 43.6 Å². The first-order valence-corrected chi connectivity index (χ1v) is 6.78. The maximum absolute atomic E-state index is 11.4. The Balaban J connectivity index is 2.67. The summed E-state index contributed by atoms with van der Waals surface area (Å²) in [5.74, 6) is 0.731. The van der Waals surface area contributed by atoms with Gasteiger partial charge >= 0.3 is 0 Å². The van der Waals surface area contributed by atoms with Gasteiger partial charge < -0.3 is 9.30 Å². The number of ether oxygens (including phenoxy) is 1. The number of aryl methyl sites for hydroxylation is 1. The van der Waals surface area contributed by atoms with Crippen molar-refractivity contribution < 1.29 is 9.53 Å². The highest BCUT2D eigenvalue weighted by molar-refractivity contribution is 7.16. The van der Waals surface area contributed by atoms with Crippen LogP contribution < -0.4 is 9.54 Å². The summed E-state index contributed by atoms with van der Waals surface area (Å²) in [4.78, 5) is 16.2. The lowest BCUT2D eigenvalue weighted by molar-refractivity contribution is -0.117. The Morgan fingerprint density at radius 2 is 2.22 bits per heavy atom. The van der Waals surface area contributed by atoms with Gasteiger partial charge in [0.15, 0.2) is 4.80 Å². The molecule has 0 N–H and O–H groups in total. The summed E-state index contributed by atoms with van der Waals surface area (Å²) in [5, 5.41) is 0. The molecule has 1 heterocycles. The lowest BCUT2D eigenvalue weighted by Crippen LogP contribution is -2.13. The average molecular weight is 264 g/mol. The van der Waals surface area contributed by atoms with E-state index < -0.39 is 0 Å². The number of hydrogen-bond acceptors (Lipinski definition) is 3. The fourth-order valence-electron chi connectivity index (χ4n) is 1.73. The average Bonchev–Trinajstić information content (AvgIpc) is 2.68. The number of rotatable bonds is 3. The normalized spacial score (nSPS) is 12.1. The molecule has 0 bridgehead atoms. The quantitative estimate of drug-likeness (QED) is 0.854. The van der Waals surface area contributed by atoms with Crippen LogP contribution in [-0.2, 0) is 11.8 Å². The fraction of sp³-hybridized carbons (Fsp3) is 0.385. The molecule has 0 atom stereocenters. The van der Waals surface area contributed by atoms with Crippen molar-refractivity contribution in [2.45, 2.75) is 20.3 Å². The minimum atomic E-state index is -0.102. The maximum Gasteiger partial charge on any atom is 0.248 e. The Morgan fingerprint density at radius 1 is 1.44 bits per heavy atom. The summed E-state index contributed by atoms with van der Waals surface area (Å²) < 4.78 is 8.59. The smallest absolute Gasteiger partial charge is 0.248 e. The van der Waals surface area contributed by atoms with Gasteiger partial charge in [0.05, 0.1) is 11.3 Å². The zero-order valence-electron chi connectivity index (χ0n) is 10.8. The van der Waals surface area contributed by atoms with E-state index in [9.17, 15) is 4.79 Å². The molecule has 0 radical (unpaired) electrons. The summed E-state index contributed by atoms with van der Waals surface area (Å²) in [6.45, 7) is 4.39. The molecule has 5 heteroatoms. The molecule has 1 amide bonds. The summed E-state index contributed by atoms with van der Waals surface area (Å²) in [6, 6.07) is 5.90. The van der Waals surface area contributed by atoms with E-state index in [1.807, 2.05) is 43.7 Å². The Labute approximate surface area is 110 Å². The van der Waals surface area contributed by atoms with Crippen LogP contribution in [0.25, 0.3) is 10.2 Å². The van der Waals surface area contributed by atoms with Crippen molar-refractivity contribution in [1.29, 1.82) is 0 Å². The lowest BCUT2D eigenvalue weighted by Gasteiger charge is -2.05. The van der Waals surface area contributed by atoms with Crippen molar-refractivity contribution in [3.63, 3.8) is 0 Å². The van der Waals surface area contributed by atoms with E-state index in [4.69, 9.17) is 4.74 Å². The summed E-state index contributed by atoms with van der Waals surface area (Å²) in [5.41, 5.74) is 0.993. The number of fused-ring (bicyclic) bond motifs is 1. The first-order chi connectivity index (χ1) is 8.67. The van der Waals surface area contributed by atoms with Gasteiger partial charge in [-0.3, -0.25) is 4.79 Å². The van der Waals surface area contributed by atoms with Crippen LogP contribution in [0.2, 0.25) is 0 Å². The third-order valence-electron chi connectivity index (χ3n) is 2.61. The van der Waals surface area contributed by atoms with Gasteiger partial charge in [-0.15, -0.1) is 0 Å². The number of para-hydroxylation sites is 1. The Kier molecular flexibility index (Phi) is 3.81. The van der Waals surface area contributed by atoms with E-state index in [1.54, 1.807) is 0 Å². The first kappa shape index (κ1) is 12.8. The third-order valence-corrected chi connectivity index (χ3v) is 3.71. The molecule has 0 aliphatic heterocycles. The fourth-order valence-corrected chi connectivity index (χ4v) is 2.79. The van der Waals surface area contributed by atoms with E-state index in [2.05, 4.69) is 4.99 Å². The summed E-state index contributed by atoms with van der Waals surface area (Å²) >= 11 is 1.50. The van der Waals surface area contributed by atoms with Crippen molar-refractivity contribution in [3.8, 4) is 5.75 Å². The highest BCUT2D eigenvalue weighted by Gasteiger charge is 2.09. The zero-order chi connectivity index (χ0) is 13.1. The van der Waals surface area contributed by atoms with Crippen LogP contribution in [-0.4, -0.2) is 17.1 Å². The molecule has 0 saturated carbocycles. The highest BCUT2D eigenvalue weighted by Crippen LogP contribution is 2.26. The van der Waals surface area contributed by atoms with Gasteiger partial charge in [-0.1, -0.05) is 24.3 Å². The number of carbonyl (C=O) groups is 1. The third kappa shape index (κ3) is 2.31. The lowest BCUT2D eigenvalue weighted by atomic mass is 10.3. The van der Waals surface area contributed by atoms with Gasteiger partial charge in [0, 0.05) is 13.5 Å². The highest BCUT2D eigenvalue weighted by atomic mass is 32.1. The van der Waals surface area contributed by atoms with E-state index in [0.717, 1.165) is 16.0 Å². The van der Waals surface area contributed by atoms with Crippen LogP contribution in [0.1, 0.15) is 20.3 Å². The minimum absolute atomic E-state index is 0.102. The SMILES string of the molecule is CCOc1cccc2sc(=NC(=O)CC)n(C)c12. The minimum Gasteiger partial charge on any atom is -0.492 e. The van der Waals surface area contributed by atoms with Gasteiger partial charge in [-0.2, -0.15) is 4.99 Å². The largest absolute Gasteiger partial charge is 0.492 e. The van der Waals surface area contributed by atoms with E-state index >= 15 is 0 Å². The predicted molar refractivity (Wildman–Crippen MR) is 72.8 cm³/mol. The number of benzene rings is 1. The summed E-state index contributed by atoms with van der Waals surface area (Å²) in [7, 11) is 1.91. The number of thiazole rings is 1. The van der Waals surface area contributed by atoms with E-state index in [1.165, 1.54) is 11.3 Å². The molecule has 0 fully saturated rings. The van der Waals surface area contributed by atoms with Crippen molar-refractivity contribution in [2.24, 2.45) is 12.0 Å². The van der Waals surface area contributed by atoms with Gasteiger partial charge in [-0.05, 0) is 19.1 Å². The molecule has 1 aromatic heterocycles. The predicted octanol–water partition coefficient (Wildman–Crippen LogP) is 2.48. The van der Waals surface area contributed by atoms with Crippen molar-refractivity contribution in [1.82, 2.24) is 4.57 Å². The summed E-state index contributed by atoms with van der Waals surface area (Å²) in [6.07, 6.45) is 0.423. The number of carbonyl (C=O) groups excluding carboxylic acids is 1. The molecule has 1 aromatic carbocycles. The Hall–Kier alpha value is -1.62. The molecule has 18 heavy (non-hydrogen) atoms. The van der Waals surface area contributed by atoms with Gasteiger partial charge in [0.2, 0.25) is 5.91 Å². The Bertz CT molecular complexity index is 640. The molecular formula is C13H16N2O2S. The molecule has 0 spiro atoms. The van der Waals surface area contributed by atoms with Crippen LogP contribution in [0.3, 0.4) is 0 Å². The van der Waals surface area contributed by atoms with Crippen LogP contribution >= 0.6 is 11.3 Å². The molecule has 4 nitrogen and oxygen atoms in total. The van der Waals surface area contributed by atoms with Crippen LogP contribution in [0.4, 0.5) is 0 Å². The van der Waals surface area contributed by atoms with E-state index in [-0.39, 0.29) is 5.91 Å². The molecule has 0 aliphatic carbocycles. The van der Waals surface area contributed by atoms with Gasteiger partial charge in [0.1, 0.15) is 11.3 Å². The van der Waals surface area contributed by atoms with Gasteiger partial charge in [0.25, 0.3) is 0 Å². The second kappa shape index (κ2) is 5.35. The number of nitrogens with zero attached hydrogens (tertiary/aromatic N) is 2. The molecule has 0 aliphatic rings. The number of hydrogen-bond donors (Lipinski definition) is 0. The molecular weight excluding hydrogens is 248 g/mol. The number of amides is 1. The van der Waals surface area contributed by atoms with Crippen LogP contribution in [0.15, 0.2) is 23.2 Å². The monoisotopic (exact) mass is 264 g/mol. The molecule has 2 aromatic rings. The standard InChI is InChI=1S/C13H16N2O2S/c1-4-11(16)14-13-15(3)12-9(17-5-2)7-6-8-10(12)18-13/h6-8H,4-5H2,1-3H3. The van der Waals surface area contributed by atoms with Crippen LogP contribution in [0, 0.1) is 0 Å². The molecule has 2 rings (SSSR count). The van der Waals surface area contributed by atoms with Crippen molar-refractivity contribution in [3.05, 3.63) is 23.0 Å². The molecule has 0 saturated heterocycles. The number of aromatic nitrogens is 1. The van der Waals surface area contributed by atoms with Crippen molar-refractivity contribution in [2.75, 3.05) is 6.61 Å². The zero-order valence-corrected chi connectivity index (χ0v) is 11.6. The van der Waals surface area contributed by atoms with Crippen LogP contribution in [0.5, 0.6) is 5.75 Å². The van der Waals surface area contributed by atoms with E-state index in [0.29, 0.717) is 17.8 Å². The second-order valence-electron chi connectivity index (χ2n) is 3.84.